The smallest absolute Gasteiger partial charge is 0.244 e. The number of benzene rings is 3. The highest BCUT2D eigenvalue weighted by Gasteiger charge is 2.34. The molecule has 3 aromatic rings. The number of rotatable bonds is 12. The normalized spacial score (nSPS) is 12.9. The van der Waals surface area contributed by atoms with Crippen LogP contribution in [0.1, 0.15) is 31.4 Å². The maximum atomic E-state index is 14.1. The third-order valence-corrected chi connectivity index (χ3v) is 8.63. The van der Waals surface area contributed by atoms with E-state index in [0.717, 1.165) is 16.1 Å². The molecule has 0 aliphatic heterocycles. The van der Waals surface area contributed by atoms with Gasteiger partial charge in [0.25, 0.3) is 0 Å². The zero-order valence-electron chi connectivity index (χ0n) is 22.8. The summed E-state index contributed by atoms with van der Waals surface area (Å²) >= 11 is 18.5. The lowest BCUT2D eigenvalue weighted by molar-refractivity contribution is -0.140. The molecule has 0 aromatic heterocycles. The molecule has 12 heteroatoms. The molecule has 0 heterocycles. The Kier molecular flexibility index (Phi) is 11.4. The Balaban J connectivity index is 2.09. The summed E-state index contributed by atoms with van der Waals surface area (Å²) in [7, 11) is -4.06. The standard InChI is InChI=1S/C29H31Cl3FN3O4S/c1-4-19(2)34-29(38)27(14-20-8-6-5-7-9-20)35(17-21-10-12-22(33)13-11-21)28(37)18-36(41(3,39)40)26-16-24(31)23(30)15-25(26)32/h5-13,15-16,19,27H,4,14,17-18H2,1-3H3,(H,34,38)/t19-,27-/m0/s1. The van der Waals surface area contributed by atoms with Crippen molar-refractivity contribution < 1.29 is 22.4 Å². The highest BCUT2D eigenvalue weighted by atomic mass is 35.5. The van der Waals surface area contributed by atoms with Gasteiger partial charge in [-0.1, -0.05) is 84.2 Å². The van der Waals surface area contributed by atoms with E-state index < -0.39 is 40.2 Å². The molecule has 0 bridgehead atoms. The Labute approximate surface area is 255 Å². The summed E-state index contributed by atoms with van der Waals surface area (Å²) in [5.41, 5.74) is 1.30. The molecule has 0 radical (unpaired) electrons. The molecule has 0 unspecified atom stereocenters. The van der Waals surface area contributed by atoms with Crippen LogP contribution in [-0.4, -0.2) is 50.0 Å². The number of nitrogens with zero attached hydrogens (tertiary/aromatic N) is 2. The molecule has 2 atom stereocenters. The number of sulfonamides is 1. The van der Waals surface area contributed by atoms with Gasteiger partial charge in [0.2, 0.25) is 21.8 Å². The number of halogens is 4. The minimum atomic E-state index is -4.06. The van der Waals surface area contributed by atoms with Crippen molar-refractivity contribution in [3.8, 4) is 0 Å². The molecule has 7 nitrogen and oxygen atoms in total. The predicted molar refractivity (Wildman–Crippen MR) is 162 cm³/mol. The summed E-state index contributed by atoms with van der Waals surface area (Å²) in [6.45, 7) is 3.00. The van der Waals surface area contributed by atoms with Crippen LogP contribution in [0.15, 0.2) is 66.7 Å². The lowest BCUT2D eigenvalue weighted by Crippen LogP contribution is -2.54. The number of hydrogen-bond donors (Lipinski definition) is 1. The average Bonchev–Trinajstić information content (AvgIpc) is 2.92. The Morgan fingerprint density at radius 1 is 0.927 bits per heavy atom. The first kappa shape index (κ1) is 32.7. The largest absolute Gasteiger partial charge is 0.352 e. The second-order valence-electron chi connectivity index (χ2n) is 9.66. The van der Waals surface area contributed by atoms with Gasteiger partial charge in [-0.2, -0.15) is 0 Å². The first-order valence-electron chi connectivity index (χ1n) is 12.8. The SMILES string of the molecule is CC[C@H](C)NC(=O)[C@H](Cc1ccccc1)N(Cc1ccc(F)cc1)C(=O)CN(c1cc(Cl)c(Cl)cc1Cl)S(C)(=O)=O. The molecule has 0 saturated carbocycles. The molecule has 41 heavy (non-hydrogen) atoms. The summed E-state index contributed by atoms with van der Waals surface area (Å²) in [4.78, 5) is 29.0. The van der Waals surface area contributed by atoms with Crippen LogP contribution in [0.2, 0.25) is 15.1 Å². The maximum absolute atomic E-state index is 14.1. The van der Waals surface area contributed by atoms with Crippen molar-refractivity contribution >= 4 is 62.3 Å². The van der Waals surface area contributed by atoms with Crippen LogP contribution >= 0.6 is 34.8 Å². The third kappa shape index (κ3) is 9.07. The molecule has 2 amide bonds. The number of hydrogen-bond acceptors (Lipinski definition) is 4. The summed E-state index contributed by atoms with van der Waals surface area (Å²) in [6, 6.07) is 16.0. The summed E-state index contributed by atoms with van der Waals surface area (Å²) < 4.78 is 40.3. The van der Waals surface area contributed by atoms with Crippen molar-refractivity contribution in [2.45, 2.75) is 45.3 Å². The van der Waals surface area contributed by atoms with Gasteiger partial charge in [-0.25, -0.2) is 12.8 Å². The Morgan fingerprint density at radius 3 is 2.12 bits per heavy atom. The molecule has 0 fully saturated rings. The minimum absolute atomic E-state index is 0.0296. The Bertz CT molecular complexity index is 1470. The topological polar surface area (TPSA) is 86.8 Å². The van der Waals surface area contributed by atoms with Gasteiger partial charge < -0.3 is 10.2 Å². The molecular weight excluding hydrogens is 612 g/mol. The van der Waals surface area contributed by atoms with Gasteiger partial charge in [0.1, 0.15) is 18.4 Å². The highest BCUT2D eigenvalue weighted by Crippen LogP contribution is 2.35. The number of amides is 2. The van der Waals surface area contributed by atoms with Gasteiger partial charge in [0.05, 0.1) is 27.0 Å². The van der Waals surface area contributed by atoms with E-state index >= 15 is 0 Å². The number of carbonyl (C=O) groups is 2. The van der Waals surface area contributed by atoms with Crippen LogP contribution in [0.25, 0.3) is 0 Å². The average molecular weight is 643 g/mol. The minimum Gasteiger partial charge on any atom is -0.352 e. The fourth-order valence-electron chi connectivity index (χ4n) is 4.08. The van der Waals surface area contributed by atoms with E-state index in [2.05, 4.69) is 5.32 Å². The molecule has 0 saturated heterocycles. The van der Waals surface area contributed by atoms with Gasteiger partial charge in [-0.3, -0.25) is 13.9 Å². The van der Waals surface area contributed by atoms with Crippen LogP contribution in [0.3, 0.4) is 0 Å². The maximum Gasteiger partial charge on any atom is 0.244 e. The van der Waals surface area contributed by atoms with Crippen LogP contribution in [0, 0.1) is 5.82 Å². The van der Waals surface area contributed by atoms with Crippen LogP contribution in [0.5, 0.6) is 0 Å². The van der Waals surface area contributed by atoms with E-state index in [9.17, 15) is 22.4 Å². The lowest BCUT2D eigenvalue weighted by Gasteiger charge is -2.34. The van der Waals surface area contributed by atoms with E-state index in [1.54, 1.807) is 0 Å². The number of nitrogens with one attached hydrogen (secondary N) is 1. The molecule has 3 rings (SSSR count). The van der Waals surface area contributed by atoms with Gasteiger partial charge in [0.15, 0.2) is 0 Å². The van der Waals surface area contributed by atoms with E-state index in [4.69, 9.17) is 34.8 Å². The van der Waals surface area contributed by atoms with Gasteiger partial charge in [-0.05, 0) is 48.7 Å². The molecule has 1 N–H and O–H groups in total. The molecule has 0 aliphatic carbocycles. The molecule has 3 aromatic carbocycles. The number of carbonyl (C=O) groups excluding carboxylic acids is 2. The van der Waals surface area contributed by atoms with Crippen molar-refractivity contribution in [1.82, 2.24) is 10.2 Å². The van der Waals surface area contributed by atoms with Crippen molar-refractivity contribution in [3.05, 3.63) is 98.7 Å². The molecular formula is C29H31Cl3FN3O4S. The van der Waals surface area contributed by atoms with E-state index in [-0.39, 0.29) is 39.8 Å². The first-order chi connectivity index (χ1) is 19.3. The van der Waals surface area contributed by atoms with Crippen LogP contribution < -0.4 is 9.62 Å². The van der Waals surface area contributed by atoms with Gasteiger partial charge in [-0.15, -0.1) is 0 Å². The fraction of sp³-hybridized carbons (Fsp3) is 0.310. The van der Waals surface area contributed by atoms with Crippen molar-refractivity contribution in [2.24, 2.45) is 0 Å². The van der Waals surface area contributed by atoms with E-state index in [0.29, 0.717) is 12.0 Å². The Morgan fingerprint density at radius 2 is 1.54 bits per heavy atom. The van der Waals surface area contributed by atoms with Gasteiger partial charge >= 0.3 is 0 Å². The zero-order chi connectivity index (χ0) is 30.3. The van der Waals surface area contributed by atoms with Crippen molar-refractivity contribution in [1.29, 1.82) is 0 Å². The van der Waals surface area contributed by atoms with Gasteiger partial charge in [0, 0.05) is 19.0 Å². The van der Waals surface area contributed by atoms with Crippen LogP contribution in [-0.2, 0) is 32.6 Å². The molecule has 0 aliphatic rings. The monoisotopic (exact) mass is 641 g/mol. The highest BCUT2D eigenvalue weighted by molar-refractivity contribution is 7.92. The molecule has 0 spiro atoms. The first-order valence-corrected chi connectivity index (χ1v) is 15.8. The van der Waals surface area contributed by atoms with E-state index in [1.165, 1.54) is 41.3 Å². The van der Waals surface area contributed by atoms with Crippen molar-refractivity contribution in [3.63, 3.8) is 0 Å². The van der Waals surface area contributed by atoms with Crippen LogP contribution in [0.4, 0.5) is 10.1 Å². The lowest BCUT2D eigenvalue weighted by atomic mass is 10.0. The number of anilines is 1. The third-order valence-electron chi connectivity index (χ3n) is 6.48. The zero-order valence-corrected chi connectivity index (χ0v) is 25.9. The summed E-state index contributed by atoms with van der Waals surface area (Å²) in [5, 5.41) is 3.07. The second-order valence-corrected chi connectivity index (χ2v) is 12.8. The predicted octanol–water partition coefficient (Wildman–Crippen LogP) is 6.11. The summed E-state index contributed by atoms with van der Waals surface area (Å²) in [5.74, 6) is -1.54. The summed E-state index contributed by atoms with van der Waals surface area (Å²) in [6.07, 6.45) is 1.75. The Hall–Kier alpha value is -2.85. The quantitative estimate of drug-likeness (QED) is 0.242. The molecule has 220 valence electrons. The van der Waals surface area contributed by atoms with E-state index in [1.807, 2.05) is 44.2 Å². The van der Waals surface area contributed by atoms with Crippen molar-refractivity contribution in [2.75, 3.05) is 17.1 Å². The fourth-order valence-corrected chi connectivity index (χ4v) is 5.63. The second kappa shape index (κ2) is 14.4.